The van der Waals surface area contributed by atoms with E-state index in [1.54, 1.807) is 0 Å². The van der Waals surface area contributed by atoms with Crippen molar-refractivity contribution < 1.29 is 14.6 Å². The van der Waals surface area contributed by atoms with Gasteiger partial charge in [0.15, 0.2) is 0 Å². The molecule has 0 aliphatic carbocycles. The van der Waals surface area contributed by atoms with Gasteiger partial charge in [-0.15, -0.1) is 12.3 Å². The number of hydrogen-bond donors (Lipinski definition) is 2. The van der Waals surface area contributed by atoms with E-state index in [9.17, 15) is 4.79 Å². The molecule has 0 rings (SSSR count). The first-order valence-electron chi connectivity index (χ1n) is 5.07. The van der Waals surface area contributed by atoms with Gasteiger partial charge >= 0.3 is 0 Å². The van der Waals surface area contributed by atoms with E-state index < -0.39 is 0 Å². The minimum Gasteiger partial charge on any atom is -0.394 e. The smallest absolute Gasteiger partial charge is 0.220 e. The fraction of sp³-hybridized carbons (Fsp3) is 0.727. The summed E-state index contributed by atoms with van der Waals surface area (Å²) in [5, 5.41) is 11.6. The number of nitrogens with one attached hydrogen (secondary N) is 1. The number of aliphatic hydroxyl groups is 1. The molecule has 0 saturated heterocycles. The summed E-state index contributed by atoms with van der Waals surface area (Å²) >= 11 is 0. The number of hydrogen-bond acceptors (Lipinski definition) is 3. The number of terminal acetylenes is 1. The van der Waals surface area contributed by atoms with Crippen LogP contribution in [0.4, 0.5) is 0 Å². The molecular formula is C11H19NO3. The summed E-state index contributed by atoms with van der Waals surface area (Å²) in [7, 11) is 1.53. The lowest BCUT2D eigenvalue weighted by molar-refractivity contribution is -0.122. The highest BCUT2D eigenvalue weighted by Gasteiger charge is 2.09. The van der Waals surface area contributed by atoms with Crippen LogP contribution in [0.1, 0.15) is 25.7 Å². The van der Waals surface area contributed by atoms with Crippen LogP contribution in [0.5, 0.6) is 0 Å². The van der Waals surface area contributed by atoms with Crippen molar-refractivity contribution in [3.05, 3.63) is 0 Å². The maximum Gasteiger partial charge on any atom is 0.220 e. The summed E-state index contributed by atoms with van der Waals surface area (Å²) in [5.74, 6) is 2.46. The van der Waals surface area contributed by atoms with Gasteiger partial charge in [0, 0.05) is 20.0 Å². The number of amides is 1. The van der Waals surface area contributed by atoms with Crippen LogP contribution >= 0.6 is 0 Å². The molecule has 0 aromatic carbocycles. The van der Waals surface area contributed by atoms with Crippen LogP contribution in [0.15, 0.2) is 0 Å². The Kier molecular flexibility index (Phi) is 8.84. The molecule has 4 nitrogen and oxygen atoms in total. The second kappa shape index (κ2) is 9.50. The minimum absolute atomic E-state index is 0.0666. The van der Waals surface area contributed by atoms with E-state index >= 15 is 0 Å². The zero-order chi connectivity index (χ0) is 11.5. The molecule has 4 heteroatoms. The molecule has 86 valence electrons. The Bertz CT molecular complexity index is 210. The topological polar surface area (TPSA) is 58.6 Å². The van der Waals surface area contributed by atoms with Gasteiger partial charge in [0.05, 0.1) is 19.3 Å². The maximum absolute atomic E-state index is 11.3. The Morgan fingerprint density at radius 3 is 2.87 bits per heavy atom. The molecule has 0 saturated carbocycles. The zero-order valence-corrected chi connectivity index (χ0v) is 9.16. The third-order valence-corrected chi connectivity index (χ3v) is 1.93. The minimum atomic E-state index is -0.310. The predicted molar refractivity (Wildman–Crippen MR) is 58.2 cm³/mol. The average molecular weight is 213 g/mol. The highest BCUT2D eigenvalue weighted by atomic mass is 16.5. The van der Waals surface area contributed by atoms with Gasteiger partial charge in [-0.05, 0) is 12.8 Å². The van der Waals surface area contributed by atoms with E-state index in [2.05, 4.69) is 11.2 Å². The molecule has 0 aliphatic rings. The van der Waals surface area contributed by atoms with Gasteiger partial charge in [0.1, 0.15) is 0 Å². The van der Waals surface area contributed by atoms with Gasteiger partial charge in [-0.2, -0.15) is 0 Å². The lowest BCUT2D eigenvalue weighted by atomic mass is 10.2. The first kappa shape index (κ1) is 13.9. The van der Waals surface area contributed by atoms with Gasteiger partial charge in [-0.1, -0.05) is 0 Å². The molecule has 0 aliphatic heterocycles. The largest absolute Gasteiger partial charge is 0.394 e. The summed E-state index contributed by atoms with van der Waals surface area (Å²) < 4.78 is 4.84. The van der Waals surface area contributed by atoms with Crippen molar-refractivity contribution in [2.24, 2.45) is 0 Å². The summed E-state index contributed by atoms with van der Waals surface area (Å²) in [5.41, 5.74) is 0. The van der Waals surface area contributed by atoms with Crippen LogP contribution < -0.4 is 5.32 Å². The third-order valence-electron chi connectivity index (χ3n) is 1.93. The molecule has 0 aromatic heterocycles. The molecular weight excluding hydrogens is 194 g/mol. The second-order valence-corrected chi connectivity index (χ2v) is 3.31. The monoisotopic (exact) mass is 213 g/mol. The van der Waals surface area contributed by atoms with Crippen molar-refractivity contribution in [3.8, 4) is 12.3 Å². The first-order chi connectivity index (χ1) is 7.24. The summed E-state index contributed by atoms with van der Waals surface area (Å²) in [6.45, 7) is 0.219. The Balaban J connectivity index is 3.58. The number of rotatable bonds is 8. The van der Waals surface area contributed by atoms with E-state index in [1.165, 1.54) is 7.11 Å². The third kappa shape index (κ3) is 7.98. The number of methoxy groups -OCH3 is 1. The first-order valence-corrected chi connectivity index (χ1v) is 5.07. The van der Waals surface area contributed by atoms with Crippen LogP contribution in [-0.4, -0.2) is 37.4 Å². The van der Waals surface area contributed by atoms with Gasteiger partial charge in [-0.3, -0.25) is 4.79 Å². The van der Waals surface area contributed by atoms with Crippen molar-refractivity contribution in [3.63, 3.8) is 0 Å². The molecule has 1 unspecified atom stereocenters. The second-order valence-electron chi connectivity index (χ2n) is 3.31. The van der Waals surface area contributed by atoms with E-state index in [0.717, 1.165) is 12.8 Å². The van der Waals surface area contributed by atoms with Crippen LogP contribution in [0.2, 0.25) is 0 Å². The lowest BCUT2D eigenvalue weighted by Gasteiger charge is -2.14. The standard InChI is InChI=1S/C11H19NO3/c1-3-4-5-6-7-11(14)12-10(8-13)9-15-2/h1,10,13H,4-9H2,2H3,(H,12,14). The Morgan fingerprint density at radius 1 is 1.60 bits per heavy atom. The molecule has 0 radical (unpaired) electrons. The molecule has 0 heterocycles. The Labute approximate surface area is 91.0 Å². The van der Waals surface area contributed by atoms with Crippen molar-refractivity contribution in [1.29, 1.82) is 0 Å². The summed E-state index contributed by atoms with van der Waals surface area (Å²) in [6, 6.07) is -0.310. The van der Waals surface area contributed by atoms with Gasteiger partial charge < -0.3 is 15.2 Å². The molecule has 15 heavy (non-hydrogen) atoms. The summed E-state index contributed by atoms with van der Waals surface area (Å²) in [6.07, 6.45) is 7.87. The maximum atomic E-state index is 11.3. The normalized spacial score (nSPS) is 11.8. The van der Waals surface area contributed by atoms with Crippen LogP contribution in [0.3, 0.4) is 0 Å². The van der Waals surface area contributed by atoms with Gasteiger partial charge in [-0.25, -0.2) is 0 Å². The quantitative estimate of drug-likeness (QED) is 0.450. The van der Waals surface area contributed by atoms with Crippen molar-refractivity contribution >= 4 is 5.91 Å². The van der Waals surface area contributed by atoms with Crippen molar-refractivity contribution in [2.45, 2.75) is 31.7 Å². The van der Waals surface area contributed by atoms with E-state index in [0.29, 0.717) is 19.4 Å². The van der Waals surface area contributed by atoms with Crippen molar-refractivity contribution in [2.75, 3.05) is 20.3 Å². The highest BCUT2D eigenvalue weighted by molar-refractivity contribution is 5.76. The lowest BCUT2D eigenvalue weighted by Crippen LogP contribution is -2.40. The molecule has 0 spiro atoms. The number of unbranched alkanes of at least 4 members (excludes halogenated alkanes) is 2. The van der Waals surface area contributed by atoms with Gasteiger partial charge in [0.25, 0.3) is 0 Å². The molecule has 1 amide bonds. The molecule has 0 fully saturated rings. The number of carbonyl (C=O) groups excluding carboxylic acids is 1. The fourth-order valence-corrected chi connectivity index (χ4v) is 1.15. The molecule has 0 bridgehead atoms. The Morgan fingerprint density at radius 2 is 2.33 bits per heavy atom. The molecule has 0 aromatic rings. The molecule has 1 atom stereocenters. The SMILES string of the molecule is C#CCCCCC(=O)NC(CO)COC. The highest BCUT2D eigenvalue weighted by Crippen LogP contribution is 1.99. The van der Waals surface area contributed by atoms with Crippen LogP contribution in [0, 0.1) is 12.3 Å². The number of carbonyl (C=O) groups is 1. The van der Waals surface area contributed by atoms with E-state index in [1.807, 2.05) is 0 Å². The fourth-order valence-electron chi connectivity index (χ4n) is 1.15. The summed E-state index contributed by atoms with van der Waals surface area (Å²) in [4.78, 5) is 11.3. The van der Waals surface area contributed by atoms with E-state index in [4.69, 9.17) is 16.3 Å². The van der Waals surface area contributed by atoms with Gasteiger partial charge in [0.2, 0.25) is 5.91 Å². The van der Waals surface area contributed by atoms with Crippen LogP contribution in [-0.2, 0) is 9.53 Å². The number of aliphatic hydroxyl groups excluding tert-OH is 1. The Hall–Kier alpha value is -1.05. The molecule has 2 N–H and O–H groups in total. The average Bonchev–Trinajstić information content (AvgIpc) is 2.24. The predicted octanol–water partition coefficient (Wildman–Crippen LogP) is 0.303. The van der Waals surface area contributed by atoms with Crippen molar-refractivity contribution in [1.82, 2.24) is 5.32 Å². The van der Waals surface area contributed by atoms with E-state index in [-0.39, 0.29) is 18.6 Å². The zero-order valence-electron chi connectivity index (χ0n) is 9.16. The van der Waals surface area contributed by atoms with Crippen LogP contribution in [0.25, 0.3) is 0 Å². The number of ether oxygens (including phenoxy) is 1.